The van der Waals surface area contributed by atoms with Crippen molar-refractivity contribution in [1.29, 1.82) is 0 Å². The van der Waals surface area contributed by atoms with Crippen molar-refractivity contribution in [3.8, 4) is 5.75 Å². The Morgan fingerprint density at radius 1 is 1.07 bits per heavy atom. The molecule has 1 amide bonds. The molecule has 0 radical (unpaired) electrons. The van der Waals surface area contributed by atoms with Gasteiger partial charge in [0.15, 0.2) is 0 Å². The van der Waals surface area contributed by atoms with Gasteiger partial charge in [-0.15, -0.1) is 0 Å². The van der Waals surface area contributed by atoms with Gasteiger partial charge in [-0.05, 0) is 43.2 Å². The fourth-order valence-electron chi connectivity index (χ4n) is 3.22. The van der Waals surface area contributed by atoms with E-state index in [9.17, 15) is 41.1 Å². The molecular formula is C25H27F3N4O9S. The number of nitrogens with zero attached hydrogens (tertiary/aromatic N) is 1. The van der Waals surface area contributed by atoms with Gasteiger partial charge in [-0.1, -0.05) is 18.2 Å². The Balaban J connectivity index is 0.000000782. The Morgan fingerprint density at radius 2 is 1.71 bits per heavy atom. The van der Waals surface area contributed by atoms with Crippen molar-refractivity contribution in [1.82, 2.24) is 14.4 Å². The highest BCUT2D eigenvalue weighted by atomic mass is 32.2. The number of hydrogen-bond donors (Lipinski definition) is 4. The van der Waals surface area contributed by atoms with Gasteiger partial charge < -0.3 is 30.8 Å². The number of aliphatic carboxylic acids is 2. The first kappa shape index (κ1) is 33.7. The molecule has 17 heteroatoms. The summed E-state index contributed by atoms with van der Waals surface area (Å²) in [5.41, 5.74) is 3.74. The largest absolute Gasteiger partial charge is 0.542 e. The zero-order valence-electron chi connectivity index (χ0n) is 21.8. The normalized spacial score (nSPS) is 12.1. The van der Waals surface area contributed by atoms with Crippen LogP contribution in [0.3, 0.4) is 0 Å². The molecule has 1 unspecified atom stereocenters. The first-order valence-electron chi connectivity index (χ1n) is 12.1. The molecule has 2 aromatic heterocycles. The number of unbranched alkanes of at least 4 members (excludes halogenated alkanes) is 1. The number of alkyl halides is 3. The van der Waals surface area contributed by atoms with Gasteiger partial charge in [0, 0.05) is 23.7 Å². The summed E-state index contributed by atoms with van der Waals surface area (Å²) in [6.45, 7) is 0.784. The SMILES string of the molecule is O=C([O-])C(F)(F)F.[NH3+]CCCCOc1ccc2cc(C(=O)NCC(NS(=O)(=O)c3ccccc3)C(=O)O)cc(=O)n2c1. The van der Waals surface area contributed by atoms with Crippen molar-refractivity contribution in [2.24, 2.45) is 0 Å². The van der Waals surface area contributed by atoms with Crippen LogP contribution in [0.1, 0.15) is 23.2 Å². The molecule has 0 saturated heterocycles. The number of aromatic nitrogens is 1. The number of nitrogens with one attached hydrogen (secondary N) is 2. The summed E-state index contributed by atoms with van der Waals surface area (Å²) in [5.74, 6) is -4.68. The number of ether oxygens (including phenoxy) is 1. The number of amides is 1. The standard InChI is InChI=1S/C23H26N4O7S.C2HF3O2/c24-10-4-5-11-34-18-9-8-17-12-16(13-21(28)27(17)15-18)22(29)25-14-20(23(30)31)26-35(32,33)19-6-2-1-3-7-19;3-2(4,5)1(6)7/h1-3,6-9,12-13,15,20,26H,4-5,10-11,14,24H2,(H,25,29)(H,30,31);(H,6,7). The zero-order chi connectivity index (χ0) is 31.5. The smallest absolute Gasteiger partial charge is 0.430 e. The van der Waals surface area contributed by atoms with Crippen LogP contribution in [0.5, 0.6) is 5.75 Å². The lowest BCUT2D eigenvalue weighted by Crippen LogP contribution is -2.50. The molecule has 3 aromatic rings. The van der Waals surface area contributed by atoms with E-state index in [2.05, 4.69) is 15.8 Å². The van der Waals surface area contributed by atoms with Gasteiger partial charge in [-0.3, -0.25) is 18.8 Å². The Hall–Kier alpha value is -4.48. The van der Waals surface area contributed by atoms with Gasteiger partial charge in [0.2, 0.25) is 10.0 Å². The number of rotatable bonds is 12. The summed E-state index contributed by atoms with van der Waals surface area (Å²) in [4.78, 5) is 45.4. The van der Waals surface area contributed by atoms with E-state index in [1.807, 2.05) is 0 Å². The van der Waals surface area contributed by atoms with Gasteiger partial charge in [0.25, 0.3) is 11.5 Å². The van der Waals surface area contributed by atoms with E-state index >= 15 is 0 Å². The fourth-order valence-corrected chi connectivity index (χ4v) is 4.43. The molecule has 2 heterocycles. The van der Waals surface area contributed by atoms with Crippen molar-refractivity contribution in [3.05, 3.63) is 76.7 Å². The monoisotopic (exact) mass is 616 g/mol. The predicted octanol–water partition coefficient (Wildman–Crippen LogP) is -0.839. The van der Waals surface area contributed by atoms with Crippen LogP contribution in [-0.2, 0) is 19.6 Å². The number of benzene rings is 1. The van der Waals surface area contributed by atoms with E-state index in [-0.39, 0.29) is 10.5 Å². The number of carboxylic acid groups (broad SMARTS) is 2. The average Bonchev–Trinajstić information content (AvgIpc) is 2.93. The quantitative estimate of drug-likeness (QED) is 0.187. The molecule has 3 rings (SSSR count). The maximum absolute atomic E-state index is 12.6. The minimum atomic E-state index is -5.19. The van der Waals surface area contributed by atoms with Crippen LogP contribution in [-0.4, -0.2) is 67.7 Å². The van der Waals surface area contributed by atoms with E-state index in [1.54, 1.807) is 18.2 Å². The first-order chi connectivity index (χ1) is 19.7. The topological polar surface area (TPSA) is 211 Å². The molecule has 0 aliphatic heterocycles. The number of halogens is 3. The van der Waals surface area contributed by atoms with Crippen LogP contribution in [0, 0.1) is 0 Å². The lowest BCUT2D eigenvalue weighted by Gasteiger charge is -2.16. The molecule has 1 atom stereocenters. The number of hydrogen-bond acceptors (Lipinski definition) is 8. The summed E-state index contributed by atoms with van der Waals surface area (Å²) >= 11 is 0. The highest BCUT2D eigenvalue weighted by Crippen LogP contribution is 2.14. The summed E-state index contributed by atoms with van der Waals surface area (Å²) < 4.78 is 65.4. The number of carbonyl (C=O) groups is 3. The zero-order valence-corrected chi connectivity index (χ0v) is 22.6. The Bertz CT molecular complexity index is 1560. The molecule has 0 saturated carbocycles. The number of carbonyl (C=O) groups excluding carboxylic acids is 2. The number of quaternary nitrogens is 1. The molecular weight excluding hydrogens is 589 g/mol. The van der Waals surface area contributed by atoms with Crippen molar-refractivity contribution in [2.75, 3.05) is 19.7 Å². The summed E-state index contributed by atoms with van der Waals surface area (Å²) in [7, 11) is -4.12. The fraction of sp³-hybridized carbons (Fsp3) is 0.280. The second kappa shape index (κ2) is 14.9. The third kappa shape index (κ3) is 10.2. The highest BCUT2D eigenvalue weighted by molar-refractivity contribution is 7.89. The van der Waals surface area contributed by atoms with Crippen molar-refractivity contribution < 1.29 is 56.7 Å². The molecule has 0 aliphatic carbocycles. The predicted molar refractivity (Wildman–Crippen MR) is 138 cm³/mol. The molecule has 42 heavy (non-hydrogen) atoms. The van der Waals surface area contributed by atoms with Crippen LogP contribution in [0.2, 0.25) is 0 Å². The molecule has 0 bridgehead atoms. The number of fused-ring (bicyclic) bond motifs is 1. The van der Waals surface area contributed by atoms with E-state index in [0.29, 0.717) is 17.9 Å². The van der Waals surface area contributed by atoms with Gasteiger partial charge in [-0.2, -0.15) is 17.9 Å². The Morgan fingerprint density at radius 3 is 2.29 bits per heavy atom. The van der Waals surface area contributed by atoms with Crippen LogP contribution in [0.25, 0.3) is 5.52 Å². The Kier molecular flexibility index (Phi) is 12.0. The second-order valence-corrected chi connectivity index (χ2v) is 10.2. The van der Waals surface area contributed by atoms with Crippen LogP contribution in [0.4, 0.5) is 13.2 Å². The lowest BCUT2D eigenvalue weighted by molar-refractivity contribution is -0.368. The lowest BCUT2D eigenvalue weighted by atomic mass is 10.2. The molecule has 228 valence electrons. The van der Waals surface area contributed by atoms with Crippen molar-refractivity contribution in [2.45, 2.75) is 30.0 Å². The van der Waals surface area contributed by atoms with Crippen molar-refractivity contribution in [3.63, 3.8) is 0 Å². The maximum atomic E-state index is 12.6. The van der Waals surface area contributed by atoms with Crippen LogP contribution >= 0.6 is 0 Å². The van der Waals surface area contributed by atoms with Crippen molar-refractivity contribution >= 4 is 33.4 Å². The van der Waals surface area contributed by atoms with Gasteiger partial charge in [0.1, 0.15) is 17.8 Å². The molecule has 6 N–H and O–H groups in total. The van der Waals surface area contributed by atoms with Crippen LogP contribution < -0.4 is 31.2 Å². The third-order valence-electron chi connectivity index (χ3n) is 5.30. The average molecular weight is 617 g/mol. The molecule has 0 spiro atoms. The summed E-state index contributed by atoms with van der Waals surface area (Å²) in [6, 6.07) is 11.5. The highest BCUT2D eigenvalue weighted by Gasteiger charge is 2.29. The summed E-state index contributed by atoms with van der Waals surface area (Å²) in [5, 5.41) is 20.6. The number of sulfonamides is 1. The molecule has 13 nitrogen and oxygen atoms in total. The second-order valence-electron chi connectivity index (χ2n) is 8.47. The molecule has 0 fully saturated rings. The number of carboxylic acids is 2. The molecule has 1 aromatic carbocycles. The van der Waals surface area contributed by atoms with E-state index < -0.39 is 52.2 Å². The minimum absolute atomic E-state index is 0.00849. The van der Waals surface area contributed by atoms with Gasteiger partial charge in [0.05, 0.1) is 24.2 Å². The van der Waals surface area contributed by atoms with E-state index in [1.165, 1.54) is 40.9 Å². The Labute approximate surface area is 236 Å². The minimum Gasteiger partial charge on any atom is -0.542 e. The van der Waals surface area contributed by atoms with Gasteiger partial charge in [-0.25, -0.2) is 8.42 Å². The van der Waals surface area contributed by atoms with E-state index in [0.717, 1.165) is 25.5 Å². The van der Waals surface area contributed by atoms with Crippen LogP contribution in [0.15, 0.2) is 70.5 Å². The number of pyridine rings is 2. The van der Waals surface area contributed by atoms with Gasteiger partial charge >= 0.3 is 12.1 Å². The first-order valence-corrected chi connectivity index (χ1v) is 13.6. The maximum Gasteiger partial charge on any atom is 0.430 e. The third-order valence-corrected chi connectivity index (χ3v) is 6.78. The summed E-state index contributed by atoms with van der Waals surface area (Å²) in [6.07, 6.45) is -1.89. The molecule has 0 aliphatic rings. The van der Waals surface area contributed by atoms with E-state index in [4.69, 9.17) is 14.6 Å².